The molecule has 96 valence electrons. The third-order valence-corrected chi connectivity index (χ3v) is 3.95. The van der Waals surface area contributed by atoms with E-state index in [0.717, 1.165) is 30.1 Å². The van der Waals surface area contributed by atoms with Crippen LogP contribution in [0.1, 0.15) is 45.9 Å². The quantitative estimate of drug-likeness (QED) is 0.874. The summed E-state index contributed by atoms with van der Waals surface area (Å²) in [5, 5.41) is 7.44. The molecule has 1 saturated carbocycles. The fourth-order valence-electron chi connectivity index (χ4n) is 2.93. The van der Waals surface area contributed by atoms with E-state index in [2.05, 4.69) is 36.2 Å². The Morgan fingerprint density at radius 1 is 1.47 bits per heavy atom. The Bertz CT molecular complexity index is 323. The molecular weight excluding hydrogens is 214 g/mol. The summed E-state index contributed by atoms with van der Waals surface area (Å²) in [6.07, 6.45) is 5.35. The molecule has 0 amide bonds. The van der Waals surface area contributed by atoms with Crippen LogP contribution in [0.25, 0.3) is 0 Å². The third-order valence-electron chi connectivity index (χ3n) is 3.95. The zero-order valence-electron chi connectivity index (χ0n) is 11.0. The van der Waals surface area contributed by atoms with E-state index in [-0.39, 0.29) is 0 Å². The molecule has 0 saturated heterocycles. The maximum Gasteiger partial charge on any atom is 0.213 e. The van der Waals surface area contributed by atoms with Crippen LogP contribution in [0.5, 0.6) is 0 Å². The van der Waals surface area contributed by atoms with E-state index in [1.165, 1.54) is 25.7 Å². The monoisotopic (exact) mass is 237 g/mol. The molecule has 4 nitrogen and oxygen atoms in total. The summed E-state index contributed by atoms with van der Waals surface area (Å²) in [6, 6.07) is 0.595. The molecule has 0 radical (unpaired) electrons. The molecule has 3 unspecified atom stereocenters. The molecular formula is C13H23N3O. The Hall–Kier alpha value is -0.900. The van der Waals surface area contributed by atoms with Crippen LogP contribution in [0, 0.1) is 17.8 Å². The normalized spacial score (nSPS) is 29.8. The van der Waals surface area contributed by atoms with Gasteiger partial charge in [-0.3, -0.25) is 0 Å². The lowest BCUT2D eigenvalue weighted by atomic mass is 9.74. The maximum atomic E-state index is 4.75. The van der Waals surface area contributed by atoms with Crippen molar-refractivity contribution in [1.29, 1.82) is 0 Å². The molecule has 0 aromatic carbocycles. The van der Waals surface area contributed by atoms with Gasteiger partial charge in [0.2, 0.25) is 6.39 Å². The molecule has 1 heterocycles. The topological polar surface area (TPSA) is 51.0 Å². The Kier molecular flexibility index (Phi) is 4.15. The van der Waals surface area contributed by atoms with Gasteiger partial charge in [0.05, 0.1) is 6.54 Å². The number of hydrogen-bond donors (Lipinski definition) is 1. The second kappa shape index (κ2) is 5.63. The molecule has 17 heavy (non-hydrogen) atoms. The van der Waals surface area contributed by atoms with E-state index in [0.29, 0.717) is 6.04 Å². The van der Waals surface area contributed by atoms with Crippen molar-refractivity contribution >= 4 is 0 Å². The van der Waals surface area contributed by atoms with Crippen LogP contribution in [0.2, 0.25) is 0 Å². The fraction of sp³-hybridized carbons (Fsp3) is 0.846. The standard InChI is InChI=1S/C13H23N3O/c1-9(2)11-5-4-10(3)6-12(11)14-7-13-15-8-17-16-13/h8-12,14H,4-7H2,1-3H3. The summed E-state index contributed by atoms with van der Waals surface area (Å²) < 4.78 is 4.75. The van der Waals surface area contributed by atoms with Crippen LogP contribution in [-0.4, -0.2) is 16.2 Å². The summed E-state index contributed by atoms with van der Waals surface area (Å²) in [5.41, 5.74) is 0. The molecule has 4 heteroatoms. The highest BCUT2D eigenvalue weighted by Crippen LogP contribution is 2.33. The molecule has 1 aliphatic carbocycles. The zero-order chi connectivity index (χ0) is 12.3. The lowest BCUT2D eigenvalue weighted by molar-refractivity contribution is 0.168. The highest BCUT2D eigenvalue weighted by molar-refractivity contribution is 4.87. The minimum Gasteiger partial charge on any atom is -0.343 e. The van der Waals surface area contributed by atoms with Gasteiger partial charge >= 0.3 is 0 Å². The first-order valence-electron chi connectivity index (χ1n) is 6.65. The predicted molar refractivity (Wildman–Crippen MR) is 66.3 cm³/mol. The smallest absolute Gasteiger partial charge is 0.213 e. The van der Waals surface area contributed by atoms with E-state index in [9.17, 15) is 0 Å². The second-order valence-electron chi connectivity index (χ2n) is 5.66. The Morgan fingerprint density at radius 2 is 2.29 bits per heavy atom. The number of aromatic nitrogens is 2. The average molecular weight is 237 g/mol. The molecule has 1 aliphatic rings. The lowest BCUT2D eigenvalue weighted by Gasteiger charge is -2.37. The molecule has 1 N–H and O–H groups in total. The minimum atomic E-state index is 0.595. The Morgan fingerprint density at radius 3 is 2.94 bits per heavy atom. The SMILES string of the molecule is CC1CCC(C(C)C)C(NCc2ncon2)C1. The van der Waals surface area contributed by atoms with Crippen molar-refractivity contribution in [2.75, 3.05) is 0 Å². The first-order chi connectivity index (χ1) is 8.16. The highest BCUT2D eigenvalue weighted by Gasteiger charge is 2.30. The van der Waals surface area contributed by atoms with Crippen LogP contribution in [0.3, 0.4) is 0 Å². The Balaban J connectivity index is 1.90. The van der Waals surface area contributed by atoms with Gasteiger partial charge in [-0.2, -0.15) is 4.98 Å². The van der Waals surface area contributed by atoms with Crippen molar-refractivity contribution in [3.05, 3.63) is 12.2 Å². The first kappa shape index (κ1) is 12.6. The van der Waals surface area contributed by atoms with Crippen molar-refractivity contribution in [3.63, 3.8) is 0 Å². The van der Waals surface area contributed by atoms with Crippen molar-refractivity contribution in [2.45, 2.75) is 52.6 Å². The molecule has 0 bridgehead atoms. The lowest BCUT2D eigenvalue weighted by Crippen LogP contribution is -2.42. The molecule has 1 aromatic rings. The van der Waals surface area contributed by atoms with Crippen molar-refractivity contribution in [3.8, 4) is 0 Å². The molecule has 0 spiro atoms. The van der Waals surface area contributed by atoms with Crippen LogP contribution >= 0.6 is 0 Å². The summed E-state index contributed by atoms with van der Waals surface area (Å²) in [4.78, 5) is 4.05. The summed E-state index contributed by atoms with van der Waals surface area (Å²) in [7, 11) is 0. The van der Waals surface area contributed by atoms with Gasteiger partial charge < -0.3 is 9.84 Å². The largest absolute Gasteiger partial charge is 0.343 e. The second-order valence-corrected chi connectivity index (χ2v) is 5.66. The van der Waals surface area contributed by atoms with E-state index < -0.39 is 0 Å². The van der Waals surface area contributed by atoms with E-state index in [1.807, 2.05) is 0 Å². The molecule has 0 aliphatic heterocycles. The highest BCUT2D eigenvalue weighted by atomic mass is 16.5. The van der Waals surface area contributed by atoms with E-state index >= 15 is 0 Å². The van der Waals surface area contributed by atoms with Crippen LogP contribution in [0.15, 0.2) is 10.9 Å². The number of rotatable bonds is 4. The van der Waals surface area contributed by atoms with Gasteiger partial charge in [0.25, 0.3) is 0 Å². The van der Waals surface area contributed by atoms with Gasteiger partial charge in [0.1, 0.15) is 0 Å². The molecule has 1 aromatic heterocycles. The first-order valence-corrected chi connectivity index (χ1v) is 6.65. The van der Waals surface area contributed by atoms with Gasteiger partial charge in [0, 0.05) is 6.04 Å². The fourth-order valence-corrected chi connectivity index (χ4v) is 2.93. The van der Waals surface area contributed by atoms with Crippen molar-refractivity contribution < 1.29 is 4.52 Å². The summed E-state index contributed by atoms with van der Waals surface area (Å²) >= 11 is 0. The molecule has 3 atom stereocenters. The number of hydrogen-bond acceptors (Lipinski definition) is 4. The van der Waals surface area contributed by atoms with Crippen molar-refractivity contribution in [1.82, 2.24) is 15.5 Å². The summed E-state index contributed by atoms with van der Waals surface area (Å²) in [6.45, 7) is 7.71. The number of nitrogens with zero attached hydrogens (tertiary/aromatic N) is 2. The predicted octanol–water partition coefficient (Wildman–Crippen LogP) is 2.62. The average Bonchev–Trinajstić information content (AvgIpc) is 2.78. The van der Waals surface area contributed by atoms with Gasteiger partial charge in [-0.1, -0.05) is 32.3 Å². The van der Waals surface area contributed by atoms with E-state index in [4.69, 9.17) is 4.52 Å². The zero-order valence-corrected chi connectivity index (χ0v) is 11.0. The molecule has 1 fully saturated rings. The van der Waals surface area contributed by atoms with Crippen LogP contribution in [0.4, 0.5) is 0 Å². The maximum absolute atomic E-state index is 4.75. The van der Waals surface area contributed by atoms with Gasteiger partial charge in [-0.25, -0.2) is 0 Å². The third kappa shape index (κ3) is 3.28. The van der Waals surface area contributed by atoms with Crippen LogP contribution < -0.4 is 5.32 Å². The van der Waals surface area contributed by atoms with E-state index in [1.54, 1.807) is 0 Å². The van der Waals surface area contributed by atoms with Gasteiger partial charge in [0.15, 0.2) is 5.82 Å². The minimum absolute atomic E-state index is 0.595. The molecule has 2 rings (SSSR count). The van der Waals surface area contributed by atoms with Crippen LogP contribution in [-0.2, 0) is 6.54 Å². The number of nitrogens with one attached hydrogen (secondary N) is 1. The Labute approximate surface area is 103 Å². The van der Waals surface area contributed by atoms with Gasteiger partial charge in [-0.05, 0) is 30.6 Å². The van der Waals surface area contributed by atoms with Crippen molar-refractivity contribution in [2.24, 2.45) is 17.8 Å². The summed E-state index contributed by atoms with van der Waals surface area (Å²) in [5.74, 6) is 3.10. The van der Waals surface area contributed by atoms with Gasteiger partial charge in [-0.15, -0.1) is 0 Å².